The van der Waals surface area contributed by atoms with Crippen LogP contribution in [0.25, 0.3) is 0 Å². The van der Waals surface area contributed by atoms with Crippen LogP contribution >= 0.6 is 11.8 Å². The summed E-state index contributed by atoms with van der Waals surface area (Å²) in [5, 5.41) is 2.88. The fourth-order valence-corrected chi connectivity index (χ4v) is 1.81. The van der Waals surface area contributed by atoms with Gasteiger partial charge in [-0.3, -0.25) is 4.79 Å². The molecule has 0 aromatic carbocycles. The van der Waals surface area contributed by atoms with E-state index in [1.54, 1.807) is 17.8 Å². The third-order valence-corrected chi connectivity index (χ3v) is 2.82. The summed E-state index contributed by atoms with van der Waals surface area (Å²) in [7, 11) is 0. The van der Waals surface area contributed by atoms with Crippen molar-refractivity contribution in [2.24, 2.45) is 0 Å². The summed E-state index contributed by atoms with van der Waals surface area (Å²) in [6.07, 6.45) is 4.82. The van der Waals surface area contributed by atoms with Gasteiger partial charge in [-0.25, -0.2) is 0 Å². The minimum Gasteiger partial charge on any atom is -0.397 e. The van der Waals surface area contributed by atoms with Gasteiger partial charge in [-0.1, -0.05) is 6.92 Å². The second-order valence-corrected chi connectivity index (χ2v) is 4.59. The standard InChI is InChI=1S/C11H19N3OS/c1-3-5-14-8-9(12)7-10(14)11(15)13-4-6-16-2/h7-8H,3-6,12H2,1-2H3,(H,13,15). The molecule has 16 heavy (non-hydrogen) atoms. The number of hydrogen-bond acceptors (Lipinski definition) is 3. The molecular formula is C11H19N3OS. The molecule has 1 amide bonds. The largest absolute Gasteiger partial charge is 0.397 e. The van der Waals surface area contributed by atoms with Crippen molar-refractivity contribution in [2.45, 2.75) is 19.9 Å². The van der Waals surface area contributed by atoms with Gasteiger partial charge in [-0.15, -0.1) is 0 Å². The van der Waals surface area contributed by atoms with E-state index in [-0.39, 0.29) is 5.91 Å². The van der Waals surface area contributed by atoms with Crippen molar-refractivity contribution in [1.29, 1.82) is 0 Å². The van der Waals surface area contributed by atoms with Crippen LogP contribution in [0.4, 0.5) is 5.69 Å². The predicted molar refractivity (Wildman–Crippen MR) is 69.9 cm³/mol. The Morgan fingerprint density at radius 1 is 1.62 bits per heavy atom. The number of nitrogens with one attached hydrogen (secondary N) is 1. The van der Waals surface area contributed by atoms with E-state index in [4.69, 9.17) is 5.73 Å². The van der Waals surface area contributed by atoms with Crippen LogP contribution in [-0.4, -0.2) is 29.0 Å². The van der Waals surface area contributed by atoms with E-state index in [0.717, 1.165) is 18.7 Å². The summed E-state index contributed by atoms with van der Waals surface area (Å²) in [6.45, 7) is 3.59. The Morgan fingerprint density at radius 3 is 3.00 bits per heavy atom. The van der Waals surface area contributed by atoms with Crippen LogP contribution in [0.1, 0.15) is 23.8 Å². The monoisotopic (exact) mass is 241 g/mol. The molecule has 0 aliphatic heterocycles. The van der Waals surface area contributed by atoms with E-state index >= 15 is 0 Å². The molecule has 0 aliphatic rings. The van der Waals surface area contributed by atoms with Crippen LogP contribution in [0, 0.1) is 0 Å². The lowest BCUT2D eigenvalue weighted by atomic mass is 10.3. The maximum Gasteiger partial charge on any atom is 0.268 e. The number of aryl methyl sites for hydroxylation is 1. The van der Waals surface area contributed by atoms with Gasteiger partial charge in [0.15, 0.2) is 0 Å². The Hall–Kier alpha value is -1.10. The molecule has 4 nitrogen and oxygen atoms in total. The van der Waals surface area contributed by atoms with Gasteiger partial charge in [0.05, 0.1) is 5.69 Å². The zero-order chi connectivity index (χ0) is 12.0. The highest BCUT2D eigenvalue weighted by Crippen LogP contribution is 2.11. The van der Waals surface area contributed by atoms with Gasteiger partial charge >= 0.3 is 0 Å². The van der Waals surface area contributed by atoms with Crippen LogP contribution in [0.3, 0.4) is 0 Å². The Labute approximate surface area is 101 Å². The highest BCUT2D eigenvalue weighted by atomic mass is 32.2. The van der Waals surface area contributed by atoms with Crippen molar-refractivity contribution in [1.82, 2.24) is 9.88 Å². The third-order valence-electron chi connectivity index (χ3n) is 2.21. The number of nitrogen functional groups attached to an aromatic ring is 1. The topological polar surface area (TPSA) is 60.0 Å². The number of thioether (sulfide) groups is 1. The molecular weight excluding hydrogens is 222 g/mol. The van der Waals surface area contributed by atoms with Gasteiger partial charge < -0.3 is 15.6 Å². The SMILES string of the molecule is CCCn1cc(N)cc1C(=O)NCCSC. The van der Waals surface area contributed by atoms with E-state index < -0.39 is 0 Å². The maximum absolute atomic E-state index is 11.8. The molecule has 90 valence electrons. The first-order chi connectivity index (χ1) is 7.69. The molecule has 0 bridgehead atoms. The zero-order valence-electron chi connectivity index (χ0n) is 9.82. The molecule has 1 heterocycles. The highest BCUT2D eigenvalue weighted by molar-refractivity contribution is 7.98. The average molecular weight is 241 g/mol. The number of amides is 1. The summed E-state index contributed by atoms with van der Waals surface area (Å²) >= 11 is 1.71. The summed E-state index contributed by atoms with van der Waals surface area (Å²) in [6, 6.07) is 1.73. The number of anilines is 1. The van der Waals surface area contributed by atoms with Crippen molar-refractivity contribution in [2.75, 3.05) is 24.3 Å². The number of aromatic nitrogens is 1. The number of carbonyl (C=O) groups excluding carboxylic acids is 1. The van der Waals surface area contributed by atoms with Crippen LogP contribution < -0.4 is 11.1 Å². The zero-order valence-corrected chi connectivity index (χ0v) is 10.6. The molecule has 0 saturated heterocycles. The molecule has 0 unspecified atom stereocenters. The number of carbonyl (C=O) groups is 1. The van der Waals surface area contributed by atoms with E-state index in [1.165, 1.54) is 0 Å². The maximum atomic E-state index is 11.8. The average Bonchev–Trinajstić information content (AvgIpc) is 2.60. The molecule has 3 N–H and O–H groups in total. The lowest BCUT2D eigenvalue weighted by molar-refractivity contribution is 0.0947. The fraction of sp³-hybridized carbons (Fsp3) is 0.545. The lowest BCUT2D eigenvalue weighted by Gasteiger charge is -2.07. The van der Waals surface area contributed by atoms with Crippen molar-refractivity contribution < 1.29 is 4.79 Å². The molecule has 0 radical (unpaired) electrons. The summed E-state index contributed by atoms with van der Waals surface area (Å²) in [5.41, 5.74) is 6.99. The Kier molecular flexibility index (Phi) is 5.25. The van der Waals surface area contributed by atoms with Gasteiger partial charge in [0.2, 0.25) is 0 Å². The van der Waals surface area contributed by atoms with Gasteiger partial charge in [0, 0.05) is 25.0 Å². The molecule has 1 aromatic heterocycles. The summed E-state index contributed by atoms with van der Waals surface area (Å²) in [4.78, 5) is 11.8. The molecule has 0 aliphatic carbocycles. The van der Waals surface area contributed by atoms with Crippen LogP contribution in [0.15, 0.2) is 12.3 Å². The number of nitrogens with zero attached hydrogens (tertiary/aromatic N) is 1. The molecule has 1 aromatic rings. The predicted octanol–water partition coefficient (Wildman–Crippen LogP) is 1.57. The number of hydrogen-bond donors (Lipinski definition) is 2. The Morgan fingerprint density at radius 2 is 2.38 bits per heavy atom. The van der Waals surface area contributed by atoms with E-state index in [2.05, 4.69) is 12.2 Å². The van der Waals surface area contributed by atoms with Crippen molar-refractivity contribution in [3.8, 4) is 0 Å². The van der Waals surface area contributed by atoms with Crippen molar-refractivity contribution in [3.63, 3.8) is 0 Å². The molecule has 0 spiro atoms. The third kappa shape index (κ3) is 3.48. The summed E-state index contributed by atoms with van der Waals surface area (Å²) < 4.78 is 1.91. The van der Waals surface area contributed by atoms with Gasteiger partial charge in [-0.2, -0.15) is 11.8 Å². The normalized spacial score (nSPS) is 10.4. The van der Waals surface area contributed by atoms with E-state index in [9.17, 15) is 4.79 Å². The second kappa shape index (κ2) is 6.48. The minimum absolute atomic E-state index is 0.0424. The fourth-order valence-electron chi connectivity index (χ4n) is 1.51. The first kappa shape index (κ1) is 13.0. The van der Waals surface area contributed by atoms with Crippen molar-refractivity contribution >= 4 is 23.4 Å². The van der Waals surface area contributed by atoms with E-state index in [1.807, 2.05) is 17.0 Å². The minimum atomic E-state index is -0.0424. The first-order valence-corrected chi connectivity index (χ1v) is 6.81. The first-order valence-electron chi connectivity index (χ1n) is 5.41. The van der Waals surface area contributed by atoms with Gasteiger partial charge in [0.25, 0.3) is 5.91 Å². The summed E-state index contributed by atoms with van der Waals surface area (Å²) in [5.74, 6) is 0.884. The molecule has 1 rings (SSSR count). The Bertz CT molecular complexity index is 349. The number of nitrogens with two attached hydrogens (primary N) is 1. The quantitative estimate of drug-likeness (QED) is 0.743. The molecule has 5 heteroatoms. The van der Waals surface area contributed by atoms with Crippen LogP contribution in [0.5, 0.6) is 0 Å². The Balaban J connectivity index is 2.66. The lowest BCUT2D eigenvalue weighted by Crippen LogP contribution is -2.27. The second-order valence-electron chi connectivity index (χ2n) is 3.60. The molecule has 0 saturated carbocycles. The molecule has 0 atom stereocenters. The van der Waals surface area contributed by atoms with Crippen molar-refractivity contribution in [3.05, 3.63) is 18.0 Å². The van der Waals surface area contributed by atoms with Gasteiger partial charge in [-0.05, 0) is 18.7 Å². The van der Waals surface area contributed by atoms with Crippen LogP contribution in [-0.2, 0) is 6.54 Å². The van der Waals surface area contributed by atoms with Crippen LogP contribution in [0.2, 0.25) is 0 Å². The number of rotatable bonds is 6. The highest BCUT2D eigenvalue weighted by Gasteiger charge is 2.11. The van der Waals surface area contributed by atoms with Gasteiger partial charge in [0.1, 0.15) is 5.69 Å². The van der Waals surface area contributed by atoms with E-state index in [0.29, 0.717) is 17.9 Å². The molecule has 0 fully saturated rings. The smallest absolute Gasteiger partial charge is 0.268 e.